The minimum atomic E-state index is -0.773. The second kappa shape index (κ2) is 6.94. The van der Waals surface area contributed by atoms with Crippen molar-refractivity contribution in [1.82, 2.24) is 0 Å². The minimum Gasteiger partial charge on any atom is -0.481 e. The van der Waals surface area contributed by atoms with Gasteiger partial charge in [0, 0.05) is 18.8 Å². The molecular formula is C14H21NO2. The highest BCUT2D eigenvalue weighted by molar-refractivity contribution is 5.73. The van der Waals surface area contributed by atoms with Gasteiger partial charge in [0.15, 0.2) is 0 Å². The molecule has 0 fully saturated rings. The van der Waals surface area contributed by atoms with Crippen molar-refractivity contribution in [2.75, 3.05) is 18.0 Å². The molecule has 1 rings (SSSR count). The normalized spacial score (nSPS) is 10.2. The first kappa shape index (κ1) is 13.6. The third-order valence-electron chi connectivity index (χ3n) is 2.66. The molecule has 0 atom stereocenters. The van der Waals surface area contributed by atoms with Gasteiger partial charge >= 0.3 is 5.97 Å². The fraction of sp³-hybridized carbons (Fsp3) is 0.500. The Morgan fingerprint density at radius 1 is 1.18 bits per heavy atom. The number of benzene rings is 1. The molecule has 0 aliphatic rings. The van der Waals surface area contributed by atoms with Crippen molar-refractivity contribution in [3.05, 3.63) is 29.8 Å². The first-order chi connectivity index (χ1) is 8.19. The summed E-state index contributed by atoms with van der Waals surface area (Å²) in [5.74, 6) is -0.773. The van der Waals surface area contributed by atoms with Crippen LogP contribution in [-0.2, 0) is 11.2 Å². The zero-order chi connectivity index (χ0) is 12.7. The Morgan fingerprint density at radius 2 is 1.76 bits per heavy atom. The molecule has 3 heteroatoms. The van der Waals surface area contributed by atoms with E-state index in [1.807, 2.05) is 24.3 Å². The van der Waals surface area contributed by atoms with Crippen molar-refractivity contribution >= 4 is 11.7 Å². The van der Waals surface area contributed by atoms with Crippen LogP contribution >= 0.6 is 0 Å². The molecule has 0 amide bonds. The molecule has 0 aliphatic carbocycles. The predicted molar refractivity (Wildman–Crippen MR) is 70.6 cm³/mol. The first-order valence-corrected chi connectivity index (χ1v) is 6.23. The van der Waals surface area contributed by atoms with Gasteiger partial charge < -0.3 is 10.0 Å². The van der Waals surface area contributed by atoms with Gasteiger partial charge in [0.1, 0.15) is 0 Å². The minimum absolute atomic E-state index is 0.0973. The second-order valence-corrected chi connectivity index (χ2v) is 4.19. The molecule has 1 aromatic rings. The van der Waals surface area contributed by atoms with Crippen LogP contribution in [0.5, 0.6) is 0 Å². The summed E-state index contributed by atoms with van der Waals surface area (Å²) >= 11 is 0. The van der Waals surface area contributed by atoms with Crippen LogP contribution in [-0.4, -0.2) is 24.2 Å². The number of rotatable bonds is 7. The van der Waals surface area contributed by atoms with Crippen LogP contribution < -0.4 is 4.90 Å². The van der Waals surface area contributed by atoms with Gasteiger partial charge in [0.05, 0.1) is 6.42 Å². The van der Waals surface area contributed by atoms with E-state index in [4.69, 9.17) is 5.11 Å². The highest BCUT2D eigenvalue weighted by atomic mass is 16.4. The Morgan fingerprint density at radius 3 is 2.29 bits per heavy atom. The standard InChI is InChI=1S/C14H21NO2/c1-3-9-15(10-4-2)13-8-6-5-7-12(13)11-14(16)17/h5-8H,3-4,9-11H2,1-2H3,(H,16,17). The third-order valence-corrected chi connectivity index (χ3v) is 2.66. The Hall–Kier alpha value is -1.51. The number of aliphatic carboxylic acids is 1. The summed E-state index contributed by atoms with van der Waals surface area (Å²) in [5, 5.41) is 8.91. The molecule has 0 saturated heterocycles. The largest absolute Gasteiger partial charge is 0.481 e. The van der Waals surface area contributed by atoms with E-state index in [1.54, 1.807) is 0 Å². The van der Waals surface area contributed by atoms with E-state index in [9.17, 15) is 4.79 Å². The molecule has 1 N–H and O–H groups in total. The fourth-order valence-corrected chi connectivity index (χ4v) is 2.02. The van der Waals surface area contributed by atoms with Crippen LogP contribution in [0.15, 0.2) is 24.3 Å². The number of carbonyl (C=O) groups is 1. The zero-order valence-electron chi connectivity index (χ0n) is 10.6. The lowest BCUT2D eigenvalue weighted by atomic mass is 10.1. The summed E-state index contributed by atoms with van der Waals surface area (Å²) in [6.07, 6.45) is 2.24. The SMILES string of the molecule is CCCN(CCC)c1ccccc1CC(=O)O. The molecule has 0 saturated carbocycles. The summed E-state index contributed by atoms with van der Waals surface area (Å²) in [4.78, 5) is 13.1. The molecule has 0 bridgehead atoms. The Kier molecular flexibility index (Phi) is 5.53. The maximum Gasteiger partial charge on any atom is 0.307 e. The Balaban J connectivity index is 2.95. The van der Waals surface area contributed by atoms with E-state index in [0.717, 1.165) is 37.2 Å². The average molecular weight is 235 g/mol. The lowest BCUT2D eigenvalue weighted by Crippen LogP contribution is -2.26. The smallest absolute Gasteiger partial charge is 0.307 e. The van der Waals surface area contributed by atoms with Crippen molar-refractivity contribution in [3.63, 3.8) is 0 Å². The monoisotopic (exact) mass is 235 g/mol. The van der Waals surface area contributed by atoms with Gasteiger partial charge in [-0.05, 0) is 24.5 Å². The second-order valence-electron chi connectivity index (χ2n) is 4.19. The van der Waals surface area contributed by atoms with E-state index in [2.05, 4.69) is 18.7 Å². The molecule has 0 aromatic heterocycles. The van der Waals surface area contributed by atoms with E-state index < -0.39 is 5.97 Å². The summed E-state index contributed by atoms with van der Waals surface area (Å²) < 4.78 is 0. The summed E-state index contributed by atoms with van der Waals surface area (Å²) in [6, 6.07) is 7.79. The molecule has 0 radical (unpaired) electrons. The highest BCUT2D eigenvalue weighted by Gasteiger charge is 2.11. The first-order valence-electron chi connectivity index (χ1n) is 6.23. The van der Waals surface area contributed by atoms with Crippen LogP contribution in [0.4, 0.5) is 5.69 Å². The van der Waals surface area contributed by atoms with Crippen LogP contribution in [0, 0.1) is 0 Å². The molecule has 3 nitrogen and oxygen atoms in total. The topological polar surface area (TPSA) is 40.5 Å². The molecule has 0 unspecified atom stereocenters. The number of hydrogen-bond acceptors (Lipinski definition) is 2. The van der Waals surface area contributed by atoms with Gasteiger partial charge in [-0.25, -0.2) is 0 Å². The predicted octanol–water partition coefficient (Wildman–Crippen LogP) is 2.94. The van der Waals surface area contributed by atoms with Gasteiger partial charge in [-0.2, -0.15) is 0 Å². The van der Waals surface area contributed by atoms with Gasteiger partial charge in [-0.3, -0.25) is 4.79 Å². The van der Waals surface area contributed by atoms with Crippen molar-refractivity contribution < 1.29 is 9.90 Å². The van der Waals surface area contributed by atoms with E-state index in [0.29, 0.717) is 0 Å². The van der Waals surface area contributed by atoms with Crippen molar-refractivity contribution in [2.45, 2.75) is 33.1 Å². The number of anilines is 1. The number of nitrogens with zero attached hydrogens (tertiary/aromatic N) is 1. The van der Waals surface area contributed by atoms with Crippen LogP contribution in [0.1, 0.15) is 32.3 Å². The average Bonchev–Trinajstić information content (AvgIpc) is 2.29. The molecule has 0 spiro atoms. The van der Waals surface area contributed by atoms with Gasteiger partial charge in [-0.1, -0.05) is 32.0 Å². The van der Waals surface area contributed by atoms with Crippen molar-refractivity contribution in [3.8, 4) is 0 Å². The van der Waals surface area contributed by atoms with E-state index in [-0.39, 0.29) is 6.42 Å². The Bertz CT molecular complexity index is 357. The quantitative estimate of drug-likeness (QED) is 0.790. The number of carboxylic acids is 1. The number of carboxylic acid groups (broad SMARTS) is 1. The fourth-order valence-electron chi connectivity index (χ4n) is 2.02. The molecule has 0 aliphatic heterocycles. The molecule has 94 valence electrons. The molecule has 1 aromatic carbocycles. The van der Waals surface area contributed by atoms with Crippen LogP contribution in [0.2, 0.25) is 0 Å². The van der Waals surface area contributed by atoms with Gasteiger partial charge in [0.25, 0.3) is 0 Å². The van der Waals surface area contributed by atoms with Crippen molar-refractivity contribution in [2.24, 2.45) is 0 Å². The summed E-state index contributed by atoms with van der Waals surface area (Å²) in [7, 11) is 0. The lowest BCUT2D eigenvalue weighted by molar-refractivity contribution is -0.136. The zero-order valence-corrected chi connectivity index (χ0v) is 10.6. The van der Waals surface area contributed by atoms with Crippen LogP contribution in [0.25, 0.3) is 0 Å². The summed E-state index contributed by atoms with van der Waals surface area (Å²) in [5.41, 5.74) is 1.97. The van der Waals surface area contributed by atoms with Crippen LogP contribution in [0.3, 0.4) is 0 Å². The maximum absolute atomic E-state index is 10.8. The maximum atomic E-state index is 10.8. The van der Waals surface area contributed by atoms with E-state index in [1.165, 1.54) is 0 Å². The Labute approximate surface area is 103 Å². The summed E-state index contributed by atoms with van der Waals surface area (Å²) in [6.45, 7) is 6.24. The van der Waals surface area contributed by atoms with Gasteiger partial charge in [-0.15, -0.1) is 0 Å². The van der Waals surface area contributed by atoms with E-state index >= 15 is 0 Å². The lowest BCUT2D eigenvalue weighted by Gasteiger charge is -2.26. The molecule has 0 heterocycles. The number of para-hydroxylation sites is 1. The highest BCUT2D eigenvalue weighted by Crippen LogP contribution is 2.21. The van der Waals surface area contributed by atoms with Gasteiger partial charge in [0.2, 0.25) is 0 Å². The number of hydrogen-bond donors (Lipinski definition) is 1. The molecule has 17 heavy (non-hydrogen) atoms. The third kappa shape index (κ3) is 4.10. The molecular weight excluding hydrogens is 214 g/mol. The van der Waals surface area contributed by atoms with Crippen molar-refractivity contribution in [1.29, 1.82) is 0 Å².